The maximum Gasteiger partial charge on any atom is 0.275 e. The van der Waals surface area contributed by atoms with Gasteiger partial charge in [-0.05, 0) is 43.9 Å². The average molecular weight is 375 g/mol. The standard InChI is InChI=1S/C19H23ClN4O2/c1-3-14-6-4-5-9-24(14)18-12-21-16(11-22-18)19(25)23-15-10-13(20)7-8-17(15)26-2/h7-8,10-12,14H,3-6,9H2,1-2H3,(H,23,25). The minimum absolute atomic E-state index is 0.251. The van der Waals surface area contributed by atoms with Gasteiger partial charge in [0.1, 0.15) is 17.3 Å². The molecule has 0 aliphatic carbocycles. The van der Waals surface area contributed by atoms with Crippen LogP contribution in [-0.4, -0.2) is 35.6 Å². The van der Waals surface area contributed by atoms with E-state index >= 15 is 0 Å². The van der Waals surface area contributed by atoms with Crippen molar-refractivity contribution in [1.82, 2.24) is 9.97 Å². The minimum atomic E-state index is -0.352. The maximum atomic E-state index is 12.5. The number of rotatable bonds is 5. The number of carbonyl (C=O) groups is 1. The molecule has 6 nitrogen and oxygen atoms in total. The van der Waals surface area contributed by atoms with Crippen LogP contribution >= 0.6 is 11.6 Å². The monoisotopic (exact) mass is 374 g/mol. The van der Waals surface area contributed by atoms with E-state index in [0.29, 0.717) is 22.5 Å². The molecule has 2 aromatic rings. The van der Waals surface area contributed by atoms with E-state index in [-0.39, 0.29) is 11.6 Å². The lowest BCUT2D eigenvalue weighted by atomic mass is 10.0. The fourth-order valence-electron chi connectivity index (χ4n) is 3.28. The molecule has 1 saturated heterocycles. The second kappa shape index (κ2) is 8.36. The van der Waals surface area contributed by atoms with Gasteiger partial charge in [-0.15, -0.1) is 0 Å². The lowest BCUT2D eigenvalue weighted by molar-refractivity contribution is 0.102. The Morgan fingerprint density at radius 2 is 2.19 bits per heavy atom. The Morgan fingerprint density at radius 3 is 2.88 bits per heavy atom. The number of hydrogen-bond acceptors (Lipinski definition) is 5. The highest BCUT2D eigenvalue weighted by molar-refractivity contribution is 6.31. The number of nitrogens with zero attached hydrogens (tertiary/aromatic N) is 3. The molecule has 7 heteroatoms. The van der Waals surface area contributed by atoms with Gasteiger partial charge in [-0.1, -0.05) is 18.5 Å². The zero-order valence-corrected chi connectivity index (χ0v) is 15.8. The van der Waals surface area contributed by atoms with Crippen molar-refractivity contribution in [2.75, 3.05) is 23.9 Å². The Hall–Kier alpha value is -2.34. The Balaban J connectivity index is 1.74. The molecule has 2 heterocycles. The zero-order valence-electron chi connectivity index (χ0n) is 15.0. The Kier molecular flexibility index (Phi) is 5.93. The van der Waals surface area contributed by atoms with Crippen LogP contribution in [0.2, 0.25) is 5.02 Å². The lowest BCUT2D eigenvalue weighted by Gasteiger charge is -2.35. The molecule has 1 amide bonds. The SMILES string of the molecule is CCC1CCCCN1c1cnc(C(=O)Nc2cc(Cl)ccc2OC)cn1. The predicted molar refractivity (Wildman–Crippen MR) is 103 cm³/mol. The summed E-state index contributed by atoms with van der Waals surface area (Å²) in [7, 11) is 1.54. The summed E-state index contributed by atoms with van der Waals surface area (Å²) in [6, 6.07) is 5.54. The van der Waals surface area contributed by atoms with Gasteiger partial charge in [0, 0.05) is 17.6 Å². The lowest BCUT2D eigenvalue weighted by Crippen LogP contribution is -2.39. The number of methoxy groups -OCH3 is 1. The van der Waals surface area contributed by atoms with E-state index in [0.717, 1.165) is 25.2 Å². The van der Waals surface area contributed by atoms with E-state index in [1.165, 1.54) is 26.1 Å². The molecular weight excluding hydrogens is 352 g/mol. The van der Waals surface area contributed by atoms with Crippen molar-refractivity contribution in [2.24, 2.45) is 0 Å². The summed E-state index contributed by atoms with van der Waals surface area (Å²) < 4.78 is 5.24. The van der Waals surface area contributed by atoms with Gasteiger partial charge in [-0.3, -0.25) is 4.79 Å². The first-order chi connectivity index (χ1) is 12.6. The van der Waals surface area contributed by atoms with Crippen LogP contribution in [0.4, 0.5) is 11.5 Å². The van der Waals surface area contributed by atoms with E-state index in [1.54, 1.807) is 24.4 Å². The molecule has 26 heavy (non-hydrogen) atoms. The number of ether oxygens (including phenoxy) is 1. The summed E-state index contributed by atoms with van der Waals surface area (Å²) >= 11 is 6.00. The van der Waals surface area contributed by atoms with Crippen molar-refractivity contribution in [3.05, 3.63) is 41.3 Å². The van der Waals surface area contributed by atoms with Crippen molar-refractivity contribution < 1.29 is 9.53 Å². The van der Waals surface area contributed by atoms with E-state index in [9.17, 15) is 4.79 Å². The fraction of sp³-hybridized carbons (Fsp3) is 0.421. The zero-order chi connectivity index (χ0) is 18.5. The van der Waals surface area contributed by atoms with Gasteiger partial charge in [-0.2, -0.15) is 0 Å². The molecule has 1 atom stereocenters. The number of halogens is 1. The maximum absolute atomic E-state index is 12.5. The predicted octanol–water partition coefficient (Wildman–Crippen LogP) is 4.16. The molecule has 0 radical (unpaired) electrons. The number of benzene rings is 1. The summed E-state index contributed by atoms with van der Waals surface area (Å²) in [6.07, 6.45) is 7.87. The molecule has 1 fully saturated rings. The van der Waals surface area contributed by atoms with Crippen molar-refractivity contribution in [2.45, 2.75) is 38.6 Å². The quantitative estimate of drug-likeness (QED) is 0.851. The molecule has 3 rings (SSSR count). The normalized spacial score (nSPS) is 17.0. The van der Waals surface area contributed by atoms with E-state index in [4.69, 9.17) is 16.3 Å². The second-order valence-corrected chi connectivity index (χ2v) is 6.75. The molecule has 1 N–H and O–H groups in total. The van der Waals surface area contributed by atoms with Crippen LogP contribution in [0.1, 0.15) is 43.1 Å². The van der Waals surface area contributed by atoms with Crippen molar-refractivity contribution >= 4 is 29.0 Å². The first-order valence-corrected chi connectivity index (χ1v) is 9.23. The molecule has 1 unspecified atom stereocenters. The molecule has 1 aliphatic rings. The first kappa shape index (κ1) is 18.5. The molecular formula is C19H23ClN4O2. The highest BCUT2D eigenvalue weighted by Gasteiger charge is 2.22. The summed E-state index contributed by atoms with van der Waals surface area (Å²) in [5, 5.41) is 3.29. The largest absolute Gasteiger partial charge is 0.495 e. The third kappa shape index (κ3) is 4.07. The smallest absolute Gasteiger partial charge is 0.275 e. The van der Waals surface area contributed by atoms with Crippen LogP contribution in [0.25, 0.3) is 0 Å². The summed E-state index contributed by atoms with van der Waals surface area (Å²) in [6.45, 7) is 3.18. The van der Waals surface area contributed by atoms with Crippen LogP contribution in [0.15, 0.2) is 30.6 Å². The van der Waals surface area contributed by atoms with Crippen LogP contribution in [0.3, 0.4) is 0 Å². The Morgan fingerprint density at radius 1 is 1.35 bits per heavy atom. The number of hydrogen-bond donors (Lipinski definition) is 1. The third-order valence-corrected chi connectivity index (χ3v) is 4.91. The fourth-order valence-corrected chi connectivity index (χ4v) is 3.45. The number of aromatic nitrogens is 2. The van der Waals surface area contributed by atoms with E-state index in [2.05, 4.69) is 27.1 Å². The van der Waals surface area contributed by atoms with Crippen LogP contribution in [0, 0.1) is 0 Å². The Bertz CT molecular complexity index is 767. The van der Waals surface area contributed by atoms with Crippen molar-refractivity contribution in [3.63, 3.8) is 0 Å². The highest BCUT2D eigenvalue weighted by Crippen LogP contribution is 2.28. The van der Waals surface area contributed by atoms with Crippen molar-refractivity contribution in [1.29, 1.82) is 0 Å². The third-order valence-electron chi connectivity index (χ3n) is 4.67. The average Bonchev–Trinajstić information content (AvgIpc) is 2.68. The van der Waals surface area contributed by atoms with Gasteiger partial charge in [0.05, 0.1) is 25.2 Å². The van der Waals surface area contributed by atoms with Gasteiger partial charge in [-0.25, -0.2) is 9.97 Å². The van der Waals surface area contributed by atoms with Crippen molar-refractivity contribution in [3.8, 4) is 5.75 Å². The summed E-state index contributed by atoms with van der Waals surface area (Å²) in [4.78, 5) is 23.5. The number of piperidine rings is 1. The highest BCUT2D eigenvalue weighted by atomic mass is 35.5. The van der Waals surface area contributed by atoms with Crippen LogP contribution < -0.4 is 15.0 Å². The molecule has 1 aromatic heterocycles. The first-order valence-electron chi connectivity index (χ1n) is 8.86. The van der Waals surface area contributed by atoms with Crippen LogP contribution in [-0.2, 0) is 0 Å². The van der Waals surface area contributed by atoms with Gasteiger partial charge >= 0.3 is 0 Å². The van der Waals surface area contributed by atoms with Gasteiger partial charge in [0.15, 0.2) is 0 Å². The molecule has 0 saturated carbocycles. The number of nitrogens with one attached hydrogen (secondary N) is 1. The number of amides is 1. The second-order valence-electron chi connectivity index (χ2n) is 6.31. The molecule has 1 aliphatic heterocycles. The number of carbonyl (C=O) groups excluding carboxylic acids is 1. The molecule has 1 aromatic carbocycles. The molecule has 0 spiro atoms. The molecule has 138 valence electrons. The summed E-state index contributed by atoms with van der Waals surface area (Å²) in [5.41, 5.74) is 0.749. The molecule has 0 bridgehead atoms. The summed E-state index contributed by atoms with van der Waals surface area (Å²) in [5.74, 6) is 1.01. The van der Waals surface area contributed by atoms with Gasteiger partial charge in [0.25, 0.3) is 5.91 Å². The minimum Gasteiger partial charge on any atom is -0.495 e. The topological polar surface area (TPSA) is 67.4 Å². The number of anilines is 2. The Labute approximate surface area is 158 Å². The van der Waals surface area contributed by atoms with Gasteiger partial charge in [0.2, 0.25) is 0 Å². The van der Waals surface area contributed by atoms with Crippen LogP contribution in [0.5, 0.6) is 5.75 Å². The van der Waals surface area contributed by atoms with Gasteiger partial charge < -0.3 is 15.0 Å². The van der Waals surface area contributed by atoms with E-state index < -0.39 is 0 Å². The van der Waals surface area contributed by atoms with E-state index in [1.807, 2.05) is 0 Å².